The number of benzene rings is 1. The third-order valence-electron chi connectivity index (χ3n) is 8.77. The number of phenolic OH excluding ortho intramolecular Hbond substituents is 1. The molecule has 0 fully saturated rings. The van der Waals surface area contributed by atoms with Crippen LogP contribution >= 0.6 is 12.6 Å². The Hall–Kier alpha value is -5.94. The van der Waals surface area contributed by atoms with Crippen LogP contribution in [0.15, 0.2) is 41.8 Å². The number of carbonyl (C=O) groups excluding carboxylic acids is 6. The highest BCUT2D eigenvalue weighted by Gasteiger charge is 2.35. The van der Waals surface area contributed by atoms with Crippen molar-refractivity contribution < 1.29 is 48.9 Å². The van der Waals surface area contributed by atoms with Crippen LogP contribution in [-0.2, 0) is 46.4 Å². The molecule has 0 aliphatic rings. The van der Waals surface area contributed by atoms with E-state index in [9.17, 15) is 48.9 Å². The maximum absolute atomic E-state index is 13.9. The molecule has 22 nitrogen and oxygen atoms in total. The first-order valence-electron chi connectivity index (χ1n) is 18.6. The third-order valence-corrected chi connectivity index (χ3v) is 9.16. The molecule has 2 aromatic rings. The van der Waals surface area contributed by atoms with Crippen molar-refractivity contribution in [1.29, 1.82) is 0 Å². The van der Waals surface area contributed by atoms with Gasteiger partial charge in [-0.15, -0.1) is 0 Å². The number of aromatic hydroxyl groups is 1. The lowest BCUT2D eigenvalue weighted by molar-refractivity contribution is -0.142. The summed E-state index contributed by atoms with van der Waals surface area (Å²) in [7, 11) is 0. The van der Waals surface area contributed by atoms with Crippen LogP contribution in [0.25, 0.3) is 0 Å². The normalized spacial score (nSPS) is 15.1. The van der Waals surface area contributed by atoms with Crippen molar-refractivity contribution in [3.8, 4) is 5.75 Å². The van der Waals surface area contributed by atoms with Gasteiger partial charge in [0.25, 0.3) is 0 Å². The number of H-pyrrole nitrogens is 1. The fourth-order valence-electron chi connectivity index (χ4n) is 5.38. The largest absolute Gasteiger partial charge is 0.508 e. The predicted octanol–water partition coefficient (Wildman–Crippen LogP) is -3.74. The number of hydrogen-bond acceptors (Lipinski definition) is 13. The number of thiol groups is 1. The van der Waals surface area contributed by atoms with Gasteiger partial charge < -0.3 is 69.4 Å². The molecule has 0 radical (unpaired) electrons. The second-order valence-corrected chi connectivity index (χ2v) is 14.5. The van der Waals surface area contributed by atoms with Crippen LogP contribution in [0.2, 0.25) is 0 Å². The second kappa shape index (κ2) is 24.1. The molecule has 6 amide bonds. The predicted molar refractivity (Wildman–Crippen MR) is 217 cm³/mol. The molecular formula is C36H56N12O10S. The molecule has 0 unspecified atom stereocenters. The molecule has 1 aromatic carbocycles. The zero-order valence-electron chi connectivity index (χ0n) is 33.2. The SMILES string of the molecule is CC(C)[C@H](NC(=O)[C@@H](N)CS)C(=O)N[C@@H](Cc1cnc[nH]1)C(=O)N[C@H](C(=O)N[C@@H](Cc1ccc(O)cc1)C(=O)N[C@@H](CCCN=C(N)N)C(=O)N[C@@H](C)C(=O)O)[C@@H](C)O. The molecule has 23 heteroatoms. The molecule has 0 spiro atoms. The number of carboxylic acid groups (broad SMARTS) is 1. The van der Waals surface area contributed by atoms with Crippen molar-refractivity contribution in [3.05, 3.63) is 48.0 Å². The zero-order chi connectivity index (χ0) is 44.4. The van der Waals surface area contributed by atoms with Gasteiger partial charge in [0.05, 0.1) is 18.5 Å². The maximum Gasteiger partial charge on any atom is 0.325 e. The average Bonchev–Trinajstić information content (AvgIpc) is 3.69. The van der Waals surface area contributed by atoms with Crippen molar-refractivity contribution in [2.75, 3.05) is 12.3 Å². The van der Waals surface area contributed by atoms with Crippen LogP contribution < -0.4 is 49.1 Å². The van der Waals surface area contributed by atoms with E-state index in [-0.39, 0.29) is 49.7 Å². The van der Waals surface area contributed by atoms with Gasteiger partial charge in [-0.25, -0.2) is 4.98 Å². The van der Waals surface area contributed by atoms with E-state index in [2.05, 4.69) is 59.5 Å². The van der Waals surface area contributed by atoms with Crippen LogP contribution in [0.3, 0.4) is 0 Å². The quantitative estimate of drug-likeness (QED) is 0.0209. The summed E-state index contributed by atoms with van der Waals surface area (Å²) < 4.78 is 0. The van der Waals surface area contributed by atoms with Crippen molar-refractivity contribution >= 4 is 60.0 Å². The number of aliphatic hydroxyl groups excluding tert-OH is 1. The van der Waals surface area contributed by atoms with Crippen LogP contribution in [0.4, 0.5) is 0 Å². The number of aliphatic hydroxyl groups is 1. The molecular weight excluding hydrogens is 793 g/mol. The van der Waals surface area contributed by atoms with E-state index in [0.29, 0.717) is 11.3 Å². The molecule has 8 atom stereocenters. The summed E-state index contributed by atoms with van der Waals surface area (Å²) in [4.78, 5) is 103. The highest BCUT2D eigenvalue weighted by atomic mass is 32.1. The number of carboxylic acids is 1. The van der Waals surface area contributed by atoms with Gasteiger partial charge in [-0.2, -0.15) is 12.6 Å². The fraction of sp³-hybridized carbons (Fsp3) is 0.528. The van der Waals surface area contributed by atoms with Crippen LogP contribution in [0.1, 0.15) is 51.8 Å². The number of aliphatic imine (C=N–C) groups is 1. The Morgan fingerprint density at radius 3 is 1.85 bits per heavy atom. The molecule has 2 rings (SSSR count). The number of aromatic amines is 1. The minimum absolute atomic E-state index is 0.00601. The van der Waals surface area contributed by atoms with E-state index in [1.807, 2.05) is 0 Å². The number of amides is 6. The lowest BCUT2D eigenvalue weighted by Crippen LogP contribution is -2.62. The number of nitrogens with one attached hydrogen (secondary N) is 7. The van der Waals surface area contributed by atoms with Gasteiger partial charge in [0.15, 0.2) is 5.96 Å². The van der Waals surface area contributed by atoms with Crippen molar-refractivity contribution in [2.24, 2.45) is 28.1 Å². The number of phenols is 1. The van der Waals surface area contributed by atoms with Gasteiger partial charge in [0, 0.05) is 37.0 Å². The van der Waals surface area contributed by atoms with E-state index in [1.54, 1.807) is 13.8 Å². The summed E-state index contributed by atoms with van der Waals surface area (Å²) in [6, 6.07) is -3.75. The van der Waals surface area contributed by atoms with E-state index in [1.165, 1.54) is 50.6 Å². The van der Waals surface area contributed by atoms with Gasteiger partial charge >= 0.3 is 5.97 Å². The number of aromatic nitrogens is 2. The van der Waals surface area contributed by atoms with Gasteiger partial charge in [-0.3, -0.25) is 38.6 Å². The van der Waals surface area contributed by atoms with Gasteiger partial charge in [-0.05, 0) is 50.3 Å². The van der Waals surface area contributed by atoms with Gasteiger partial charge in [0.2, 0.25) is 35.4 Å². The van der Waals surface area contributed by atoms with Gasteiger partial charge in [-0.1, -0.05) is 26.0 Å². The molecule has 1 aromatic heterocycles. The number of hydrogen-bond donors (Lipinski definition) is 14. The number of carbonyl (C=O) groups is 7. The fourth-order valence-corrected chi connectivity index (χ4v) is 5.55. The number of aliphatic carboxylic acids is 1. The topological polar surface area (TPSA) is 371 Å². The molecule has 16 N–H and O–H groups in total. The Bertz CT molecular complexity index is 1760. The minimum atomic E-state index is -1.72. The summed E-state index contributed by atoms with van der Waals surface area (Å²) in [5.41, 5.74) is 17.4. The Labute approximate surface area is 346 Å². The molecule has 0 aliphatic heterocycles. The molecule has 1 heterocycles. The number of rotatable bonds is 24. The Balaban J connectivity index is 2.42. The van der Waals surface area contributed by atoms with E-state index < -0.39 is 95.7 Å². The molecule has 0 saturated heterocycles. The van der Waals surface area contributed by atoms with E-state index >= 15 is 0 Å². The average molecular weight is 849 g/mol. The Kier molecular flexibility index (Phi) is 20.1. The molecule has 59 heavy (non-hydrogen) atoms. The first-order chi connectivity index (χ1) is 27.7. The Morgan fingerprint density at radius 1 is 0.780 bits per heavy atom. The first kappa shape index (κ1) is 49.2. The van der Waals surface area contributed by atoms with Crippen molar-refractivity contribution in [3.63, 3.8) is 0 Å². The summed E-state index contributed by atoms with van der Waals surface area (Å²) in [6.45, 7) is 5.83. The van der Waals surface area contributed by atoms with E-state index in [4.69, 9.17) is 17.2 Å². The van der Waals surface area contributed by atoms with Crippen LogP contribution in [0.5, 0.6) is 5.75 Å². The zero-order valence-corrected chi connectivity index (χ0v) is 34.1. The highest BCUT2D eigenvalue weighted by Crippen LogP contribution is 2.13. The third kappa shape index (κ3) is 16.8. The summed E-state index contributed by atoms with van der Waals surface area (Å²) in [5, 5.41) is 44.8. The number of imidazole rings is 1. The molecule has 0 aliphatic carbocycles. The highest BCUT2D eigenvalue weighted by molar-refractivity contribution is 7.80. The lowest BCUT2D eigenvalue weighted by atomic mass is 10.0. The molecule has 326 valence electrons. The van der Waals surface area contributed by atoms with Gasteiger partial charge in [0.1, 0.15) is 42.0 Å². The number of guanidine groups is 1. The van der Waals surface area contributed by atoms with Crippen LogP contribution in [0, 0.1) is 5.92 Å². The maximum atomic E-state index is 13.9. The lowest BCUT2D eigenvalue weighted by Gasteiger charge is -2.29. The monoisotopic (exact) mass is 848 g/mol. The smallest absolute Gasteiger partial charge is 0.325 e. The standard InChI is InChI=1S/C36H56N12O10S/c1-17(2)27(47-29(51)23(37)15-59)33(55)46-26(13-21-14-40-16-42-21)32(54)48-28(19(4)49)34(56)45-25(12-20-7-9-22(50)10-8-20)31(53)44-24(6-5-11-41-36(38)39)30(52)43-18(3)35(57)58/h7-10,14,16-19,23-28,49-50,59H,5-6,11-13,15,37H2,1-4H3,(H,40,42)(H,43,52)(H,44,53)(H,45,56)(H,46,55)(H,47,51)(H,48,54)(H,57,58)(H4,38,39,41)/t18-,19+,23-,24-,25-,26-,27-,28-/m0/s1. The first-order valence-corrected chi connectivity index (χ1v) is 19.3. The van der Waals surface area contributed by atoms with E-state index in [0.717, 1.165) is 0 Å². The molecule has 0 bridgehead atoms. The summed E-state index contributed by atoms with van der Waals surface area (Å²) >= 11 is 4.02. The number of nitrogens with zero attached hydrogens (tertiary/aromatic N) is 2. The number of nitrogens with two attached hydrogens (primary N) is 3. The second-order valence-electron chi connectivity index (χ2n) is 14.1. The van der Waals surface area contributed by atoms with Crippen molar-refractivity contribution in [1.82, 2.24) is 41.9 Å². The summed E-state index contributed by atoms with van der Waals surface area (Å²) in [5.74, 6) is -7.21. The van der Waals surface area contributed by atoms with Crippen LogP contribution in [-0.4, -0.2) is 133 Å². The summed E-state index contributed by atoms with van der Waals surface area (Å²) in [6.07, 6.45) is 0.910. The van der Waals surface area contributed by atoms with Crippen molar-refractivity contribution in [2.45, 2.75) is 102 Å². The molecule has 0 saturated carbocycles. The minimum Gasteiger partial charge on any atom is -0.508 e. The Morgan fingerprint density at radius 2 is 1.32 bits per heavy atom.